The number of esters is 1. The molecule has 0 spiro atoms. The third kappa shape index (κ3) is 13.3. The minimum absolute atomic E-state index is 0.163. The highest BCUT2D eigenvalue weighted by Crippen LogP contribution is 2.10. The van der Waals surface area contributed by atoms with Gasteiger partial charge in [0.1, 0.15) is 5.78 Å². The number of Topliss-reactive ketones (excluding diaryl/α,β-unsaturated/α-hetero) is 1. The molecule has 0 atom stereocenters. The third-order valence-corrected chi connectivity index (χ3v) is 4.27. The maximum Gasteiger partial charge on any atom is 0.305 e. The topological polar surface area (TPSA) is 43.4 Å². The van der Waals surface area contributed by atoms with Gasteiger partial charge in [-0.25, -0.2) is 0 Å². The molecule has 3 nitrogen and oxygen atoms in total. The molecule has 0 aliphatic carbocycles. The second kappa shape index (κ2) is 9.95. The second-order valence-corrected chi connectivity index (χ2v) is 11.6. The Morgan fingerprint density at radius 2 is 1.68 bits per heavy atom. The maximum atomic E-state index is 11.5. The number of hydrogen-bond acceptors (Lipinski definition) is 3. The van der Waals surface area contributed by atoms with E-state index in [0.717, 1.165) is 19.3 Å². The fourth-order valence-electron chi connectivity index (χ4n) is 1.61. The van der Waals surface area contributed by atoms with Crippen LogP contribution in [0.15, 0.2) is 12.2 Å². The van der Waals surface area contributed by atoms with Crippen LogP contribution in [0.3, 0.4) is 0 Å². The van der Waals surface area contributed by atoms with Crippen molar-refractivity contribution in [2.45, 2.75) is 64.2 Å². The average Bonchev–Trinajstić information content (AvgIpc) is 2.33. The number of rotatable bonds is 10. The van der Waals surface area contributed by atoms with Crippen molar-refractivity contribution in [2.75, 3.05) is 7.11 Å². The first-order chi connectivity index (χ1) is 8.85. The Morgan fingerprint density at radius 3 is 2.26 bits per heavy atom. The summed E-state index contributed by atoms with van der Waals surface area (Å²) >= 11 is 0. The molecule has 0 amide bonds. The van der Waals surface area contributed by atoms with Crippen molar-refractivity contribution in [3.63, 3.8) is 0 Å². The summed E-state index contributed by atoms with van der Waals surface area (Å²) in [6.07, 6.45) is 8.64. The summed E-state index contributed by atoms with van der Waals surface area (Å²) in [5.41, 5.74) is 0. The molecule has 0 aliphatic rings. The molecule has 19 heavy (non-hydrogen) atoms. The zero-order valence-corrected chi connectivity index (χ0v) is 13.8. The molecular formula is C15H28O3Si. The van der Waals surface area contributed by atoms with Crippen molar-refractivity contribution in [1.29, 1.82) is 0 Å². The molecule has 0 fully saturated rings. The molecule has 0 aliphatic heterocycles. The number of ether oxygens (including phenoxy) is 1. The van der Waals surface area contributed by atoms with Gasteiger partial charge in [0.25, 0.3) is 0 Å². The summed E-state index contributed by atoms with van der Waals surface area (Å²) < 4.78 is 4.50. The average molecular weight is 284 g/mol. The highest BCUT2D eigenvalue weighted by molar-refractivity contribution is 6.76. The van der Waals surface area contributed by atoms with Gasteiger partial charge in [0.15, 0.2) is 0 Å². The van der Waals surface area contributed by atoms with Crippen LogP contribution in [0, 0.1) is 0 Å². The minimum Gasteiger partial charge on any atom is -0.469 e. The lowest BCUT2D eigenvalue weighted by molar-refractivity contribution is -0.141. The van der Waals surface area contributed by atoms with Gasteiger partial charge in [-0.15, -0.1) is 0 Å². The molecule has 0 rings (SSSR count). The zero-order chi connectivity index (χ0) is 14.7. The molecule has 0 N–H and O–H groups in total. The fraction of sp³-hybridized carbons (Fsp3) is 0.733. The van der Waals surface area contributed by atoms with Crippen LogP contribution in [-0.4, -0.2) is 26.9 Å². The summed E-state index contributed by atoms with van der Waals surface area (Å²) in [6, 6.07) is 1.23. The van der Waals surface area contributed by atoms with E-state index in [4.69, 9.17) is 0 Å². The van der Waals surface area contributed by atoms with Gasteiger partial charge in [-0.2, -0.15) is 0 Å². The summed E-state index contributed by atoms with van der Waals surface area (Å²) in [5.74, 6) is -0.140. The summed E-state index contributed by atoms with van der Waals surface area (Å²) in [5, 5.41) is 0. The first kappa shape index (κ1) is 18.1. The molecule has 0 aromatic carbocycles. The lowest BCUT2D eigenvalue weighted by Crippen LogP contribution is -2.17. The van der Waals surface area contributed by atoms with Gasteiger partial charge >= 0.3 is 5.97 Å². The van der Waals surface area contributed by atoms with E-state index in [2.05, 4.69) is 36.5 Å². The van der Waals surface area contributed by atoms with Gasteiger partial charge in [-0.3, -0.25) is 9.59 Å². The SMILES string of the molecule is COC(=O)CCC(=O)CCCCC=CC[Si](C)(C)C. The molecule has 0 aromatic rings. The Kier molecular flexibility index (Phi) is 9.48. The standard InChI is InChI=1S/C15H28O3Si/c1-18-15(17)12-11-14(16)10-8-6-5-7-9-13-19(2,3)4/h7,9H,5-6,8,10-13H2,1-4H3. The Labute approximate surface area is 118 Å². The molecular weight excluding hydrogens is 256 g/mol. The van der Waals surface area contributed by atoms with E-state index in [0.29, 0.717) is 12.8 Å². The molecule has 4 heteroatoms. The van der Waals surface area contributed by atoms with Crippen LogP contribution in [0.5, 0.6) is 0 Å². The monoisotopic (exact) mass is 284 g/mol. The van der Waals surface area contributed by atoms with Gasteiger partial charge in [-0.1, -0.05) is 31.8 Å². The number of hydrogen-bond donors (Lipinski definition) is 0. The van der Waals surface area contributed by atoms with Crippen LogP contribution < -0.4 is 0 Å². The third-order valence-electron chi connectivity index (χ3n) is 2.81. The molecule has 0 saturated carbocycles. The number of ketones is 1. The molecule has 0 saturated heterocycles. The molecule has 0 unspecified atom stereocenters. The molecule has 110 valence electrons. The molecule has 0 bridgehead atoms. The first-order valence-electron chi connectivity index (χ1n) is 7.08. The van der Waals surface area contributed by atoms with E-state index < -0.39 is 8.07 Å². The van der Waals surface area contributed by atoms with E-state index in [-0.39, 0.29) is 18.2 Å². The molecule has 0 radical (unpaired) electrons. The predicted octanol–water partition coefficient (Wildman–Crippen LogP) is 3.96. The van der Waals surface area contributed by atoms with Crippen molar-refractivity contribution >= 4 is 19.8 Å². The predicted molar refractivity (Wildman–Crippen MR) is 82.0 cm³/mol. The minimum atomic E-state index is -0.953. The van der Waals surface area contributed by atoms with E-state index in [1.165, 1.54) is 13.2 Å². The van der Waals surface area contributed by atoms with Gasteiger partial charge in [0, 0.05) is 20.9 Å². The zero-order valence-electron chi connectivity index (χ0n) is 12.8. The van der Waals surface area contributed by atoms with Crippen molar-refractivity contribution < 1.29 is 14.3 Å². The lowest BCUT2D eigenvalue weighted by Gasteiger charge is -2.11. The van der Waals surface area contributed by atoms with Crippen LogP contribution in [0.1, 0.15) is 38.5 Å². The smallest absolute Gasteiger partial charge is 0.305 e. The van der Waals surface area contributed by atoms with Crippen molar-refractivity contribution in [1.82, 2.24) is 0 Å². The van der Waals surface area contributed by atoms with Crippen molar-refractivity contribution in [3.05, 3.63) is 12.2 Å². The lowest BCUT2D eigenvalue weighted by atomic mass is 10.1. The van der Waals surface area contributed by atoms with Crippen LogP contribution in [0.4, 0.5) is 0 Å². The summed E-state index contributed by atoms with van der Waals surface area (Å²) in [6.45, 7) is 7.08. The van der Waals surface area contributed by atoms with Crippen molar-refractivity contribution in [3.8, 4) is 0 Å². The maximum absolute atomic E-state index is 11.5. The van der Waals surface area contributed by atoms with Gasteiger partial charge in [0.2, 0.25) is 0 Å². The summed E-state index contributed by atoms with van der Waals surface area (Å²) in [4.78, 5) is 22.3. The fourth-order valence-corrected chi connectivity index (χ4v) is 2.48. The normalized spacial score (nSPS) is 11.8. The Bertz CT molecular complexity index is 303. The van der Waals surface area contributed by atoms with Crippen LogP contribution in [0.2, 0.25) is 25.7 Å². The van der Waals surface area contributed by atoms with Crippen LogP contribution in [-0.2, 0) is 14.3 Å². The van der Waals surface area contributed by atoms with E-state index >= 15 is 0 Å². The van der Waals surface area contributed by atoms with E-state index in [1.54, 1.807) is 0 Å². The number of unbranched alkanes of at least 4 members (excludes halogenated alkanes) is 2. The Balaban J connectivity index is 3.49. The van der Waals surface area contributed by atoms with Crippen LogP contribution in [0.25, 0.3) is 0 Å². The van der Waals surface area contributed by atoms with E-state index in [9.17, 15) is 9.59 Å². The van der Waals surface area contributed by atoms with Gasteiger partial charge in [-0.05, 0) is 25.3 Å². The van der Waals surface area contributed by atoms with Gasteiger partial charge < -0.3 is 4.74 Å². The number of carbonyl (C=O) groups excluding carboxylic acids is 2. The van der Waals surface area contributed by atoms with E-state index in [1.807, 2.05) is 0 Å². The Hall–Kier alpha value is -0.903. The van der Waals surface area contributed by atoms with Crippen LogP contribution >= 0.6 is 0 Å². The quantitative estimate of drug-likeness (QED) is 0.264. The highest BCUT2D eigenvalue weighted by Gasteiger charge is 2.09. The largest absolute Gasteiger partial charge is 0.469 e. The number of allylic oxidation sites excluding steroid dienone is 2. The first-order valence-corrected chi connectivity index (χ1v) is 10.8. The Morgan fingerprint density at radius 1 is 1.00 bits per heavy atom. The second-order valence-electron chi connectivity index (χ2n) is 6.10. The number of carbonyl (C=O) groups is 2. The molecule has 0 heterocycles. The van der Waals surface area contributed by atoms with Gasteiger partial charge in [0.05, 0.1) is 13.5 Å². The molecule has 0 aromatic heterocycles. The highest BCUT2D eigenvalue weighted by atomic mass is 28.3. The number of methoxy groups -OCH3 is 1. The summed E-state index contributed by atoms with van der Waals surface area (Å²) in [7, 11) is 0.393. The van der Waals surface area contributed by atoms with Crippen molar-refractivity contribution in [2.24, 2.45) is 0 Å².